The second kappa shape index (κ2) is 8.87. The number of ether oxygens (including phenoxy) is 1. The number of hydrogen-bond donors (Lipinski definition) is 1. The van der Waals surface area contributed by atoms with E-state index in [-0.39, 0.29) is 24.1 Å². The molecular formula is C22H27FN2O3. The van der Waals surface area contributed by atoms with E-state index >= 15 is 0 Å². The van der Waals surface area contributed by atoms with Crippen molar-refractivity contribution in [2.24, 2.45) is 5.41 Å². The molecule has 0 aliphatic carbocycles. The van der Waals surface area contributed by atoms with Crippen LogP contribution >= 0.6 is 0 Å². The molecule has 2 rings (SSSR count). The number of nitrogens with one attached hydrogen (secondary N) is 1. The highest BCUT2D eigenvalue weighted by Gasteiger charge is 2.22. The van der Waals surface area contributed by atoms with Gasteiger partial charge >= 0.3 is 0 Å². The van der Waals surface area contributed by atoms with E-state index in [1.165, 1.54) is 13.2 Å². The van der Waals surface area contributed by atoms with Crippen LogP contribution in [0.25, 0.3) is 0 Å². The number of halogens is 1. The Balaban J connectivity index is 2.17. The lowest BCUT2D eigenvalue weighted by Crippen LogP contribution is -2.31. The second-order valence-corrected chi connectivity index (χ2v) is 7.57. The van der Waals surface area contributed by atoms with Crippen LogP contribution in [-0.2, 0) is 11.3 Å². The van der Waals surface area contributed by atoms with Crippen molar-refractivity contribution >= 4 is 17.5 Å². The molecule has 0 bridgehead atoms. The molecule has 2 aromatic carbocycles. The van der Waals surface area contributed by atoms with E-state index in [2.05, 4.69) is 5.32 Å². The van der Waals surface area contributed by atoms with Crippen molar-refractivity contribution in [3.63, 3.8) is 0 Å². The second-order valence-electron chi connectivity index (χ2n) is 7.57. The van der Waals surface area contributed by atoms with Crippen molar-refractivity contribution in [1.29, 1.82) is 0 Å². The van der Waals surface area contributed by atoms with Gasteiger partial charge in [0.05, 0.1) is 7.11 Å². The molecule has 2 amide bonds. The van der Waals surface area contributed by atoms with Gasteiger partial charge in [0.1, 0.15) is 0 Å². The van der Waals surface area contributed by atoms with Crippen molar-refractivity contribution in [3.05, 3.63) is 59.4 Å². The molecule has 1 N–H and O–H groups in total. The number of hydrogen-bond acceptors (Lipinski definition) is 3. The molecule has 2 aromatic rings. The SMILES string of the molecule is CCN(Cc1ccc(OC)c(F)c1)C(=O)c1cccc(NC(=O)C(C)(C)C)c1. The Morgan fingerprint density at radius 2 is 1.86 bits per heavy atom. The van der Waals surface area contributed by atoms with Crippen LogP contribution in [0.4, 0.5) is 10.1 Å². The van der Waals surface area contributed by atoms with Gasteiger partial charge < -0.3 is 15.0 Å². The van der Waals surface area contributed by atoms with Crippen LogP contribution in [0, 0.1) is 11.2 Å². The molecule has 0 spiro atoms. The molecule has 0 fully saturated rings. The van der Waals surface area contributed by atoms with Crippen LogP contribution in [0.2, 0.25) is 0 Å². The zero-order chi connectivity index (χ0) is 20.9. The minimum absolute atomic E-state index is 0.127. The molecule has 0 aliphatic rings. The van der Waals surface area contributed by atoms with Gasteiger partial charge in [-0.05, 0) is 42.8 Å². The summed E-state index contributed by atoms with van der Waals surface area (Å²) in [5, 5.41) is 2.83. The highest BCUT2D eigenvalue weighted by atomic mass is 19.1. The van der Waals surface area contributed by atoms with Gasteiger partial charge in [0.15, 0.2) is 11.6 Å². The summed E-state index contributed by atoms with van der Waals surface area (Å²) in [6, 6.07) is 11.5. The standard InChI is InChI=1S/C22H27FN2O3/c1-6-25(14-15-10-11-19(28-5)18(23)12-15)20(26)16-8-7-9-17(13-16)24-21(27)22(2,3)4/h7-13H,6,14H2,1-5H3,(H,24,27). The Kier molecular flexibility index (Phi) is 6.78. The first kappa shape index (κ1) is 21.4. The fraction of sp³-hybridized carbons (Fsp3) is 0.364. The summed E-state index contributed by atoms with van der Waals surface area (Å²) in [6.45, 7) is 8.07. The summed E-state index contributed by atoms with van der Waals surface area (Å²) < 4.78 is 18.9. The van der Waals surface area contributed by atoms with E-state index in [1.807, 2.05) is 27.7 Å². The molecule has 0 unspecified atom stereocenters. The number of amides is 2. The third kappa shape index (κ3) is 5.31. The summed E-state index contributed by atoms with van der Waals surface area (Å²) in [5.41, 5.74) is 1.17. The molecule has 0 saturated heterocycles. The fourth-order valence-corrected chi connectivity index (χ4v) is 2.59. The quantitative estimate of drug-likeness (QED) is 0.796. The number of carbonyl (C=O) groups is 2. The summed E-state index contributed by atoms with van der Waals surface area (Å²) in [4.78, 5) is 26.7. The predicted molar refractivity (Wildman–Crippen MR) is 108 cm³/mol. The molecule has 5 nitrogen and oxygen atoms in total. The monoisotopic (exact) mass is 386 g/mol. The van der Waals surface area contributed by atoms with Crippen molar-refractivity contribution in [2.75, 3.05) is 19.0 Å². The molecular weight excluding hydrogens is 359 g/mol. The number of nitrogens with zero attached hydrogens (tertiary/aromatic N) is 1. The van der Waals surface area contributed by atoms with Gasteiger partial charge in [0.25, 0.3) is 5.91 Å². The Morgan fingerprint density at radius 1 is 1.14 bits per heavy atom. The zero-order valence-electron chi connectivity index (χ0n) is 17.0. The maximum Gasteiger partial charge on any atom is 0.254 e. The first-order chi connectivity index (χ1) is 13.2. The van der Waals surface area contributed by atoms with Crippen molar-refractivity contribution in [1.82, 2.24) is 4.90 Å². The van der Waals surface area contributed by atoms with Gasteiger partial charge in [-0.2, -0.15) is 0 Å². The van der Waals surface area contributed by atoms with Gasteiger partial charge in [-0.15, -0.1) is 0 Å². The van der Waals surface area contributed by atoms with Gasteiger partial charge in [-0.3, -0.25) is 9.59 Å². The highest BCUT2D eigenvalue weighted by molar-refractivity contribution is 5.98. The van der Waals surface area contributed by atoms with Crippen LogP contribution < -0.4 is 10.1 Å². The number of rotatable bonds is 6. The Bertz CT molecular complexity index is 859. The lowest BCUT2D eigenvalue weighted by atomic mass is 9.95. The van der Waals surface area contributed by atoms with E-state index in [9.17, 15) is 14.0 Å². The molecule has 0 aromatic heterocycles. The lowest BCUT2D eigenvalue weighted by molar-refractivity contribution is -0.123. The molecule has 6 heteroatoms. The van der Waals surface area contributed by atoms with Crippen LogP contribution in [0.1, 0.15) is 43.6 Å². The number of anilines is 1. The molecule has 0 atom stereocenters. The lowest BCUT2D eigenvalue weighted by Gasteiger charge is -2.22. The summed E-state index contributed by atoms with van der Waals surface area (Å²) >= 11 is 0. The van der Waals surface area contributed by atoms with Gasteiger partial charge in [0, 0.05) is 29.8 Å². The summed E-state index contributed by atoms with van der Waals surface area (Å²) in [5.74, 6) is -0.612. The van der Waals surface area contributed by atoms with E-state index in [4.69, 9.17) is 4.74 Å². The van der Waals surface area contributed by atoms with Crippen molar-refractivity contribution in [3.8, 4) is 5.75 Å². The average Bonchev–Trinajstić information content (AvgIpc) is 2.65. The van der Waals surface area contributed by atoms with Gasteiger partial charge in [-0.1, -0.05) is 32.9 Å². The number of methoxy groups -OCH3 is 1. The van der Waals surface area contributed by atoms with Crippen LogP contribution in [0.3, 0.4) is 0 Å². The normalized spacial score (nSPS) is 11.1. The Hall–Kier alpha value is -2.89. The molecule has 0 heterocycles. The fourth-order valence-electron chi connectivity index (χ4n) is 2.59. The molecule has 0 aliphatic heterocycles. The first-order valence-corrected chi connectivity index (χ1v) is 9.19. The average molecular weight is 386 g/mol. The minimum atomic E-state index is -0.534. The minimum Gasteiger partial charge on any atom is -0.494 e. The molecule has 0 saturated carbocycles. The van der Waals surface area contributed by atoms with Crippen LogP contribution in [0.5, 0.6) is 5.75 Å². The first-order valence-electron chi connectivity index (χ1n) is 9.19. The largest absolute Gasteiger partial charge is 0.494 e. The van der Waals surface area contributed by atoms with Crippen LogP contribution in [0.15, 0.2) is 42.5 Å². The Morgan fingerprint density at radius 3 is 2.43 bits per heavy atom. The van der Waals surface area contributed by atoms with Crippen molar-refractivity contribution < 1.29 is 18.7 Å². The van der Waals surface area contributed by atoms with E-state index < -0.39 is 11.2 Å². The number of carbonyl (C=O) groups excluding carboxylic acids is 2. The highest BCUT2D eigenvalue weighted by Crippen LogP contribution is 2.21. The molecule has 150 valence electrons. The summed E-state index contributed by atoms with van der Waals surface area (Å²) in [6.07, 6.45) is 0. The number of benzene rings is 2. The van der Waals surface area contributed by atoms with Crippen molar-refractivity contribution in [2.45, 2.75) is 34.2 Å². The predicted octanol–water partition coefficient (Wildman–Crippen LogP) is 4.48. The van der Waals surface area contributed by atoms with E-state index in [0.717, 1.165) is 0 Å². The topological polar surface area (TPSA) is 58.6 Å². The van der Waals surface area contributed by atoms with Gasteiger partial charge in [0.2, 0.25) is 5.91 Å². The zero-order valence-corrected chi connectivity index (χ0v) is 17.0. The maximum atomic E-state index is 13.9. The third-order valence-corrected chi connectivity index (χ3v) is 4.31. The summed E-state index contributed by atoms with van der Waals surface area (Å²) in [7, 11) is 1.41. The molecule has 0 radical (unpaired) electrons. The third-order valence-electron chi connectivity index (χ3n) is 4.31. The van der Waals surface area contributed by atoms with E-state index in [0.29, 0.717) is 23.4 Å². The van der Waals surface area contributed by atoms with Crippen LogP contribution in [-0.4, -0.2) is 30.4 Å². The maximum absolute atomic E-state index is 13.9. The Labute approximate surface area is 165 Å². The van der Waals surface area contributed by atoms with E-state index in [1.54, 1.807) is 41.3 Å². The van der Waals surface area contributed by atoms with Gasteiger partial charge in [-0.25, -0.2) is 4.39 Å². The smallest absolute Gasteiger partial charge is 0.254 e. The molecule has 28 heavy (non-hydrogen) atoms.